The zero-order valence-corrected chi connectivity index (χ0v) is 16.9. The van der Waals surface area contributed by atoms with Gasteiger partial charge in [-0.3, -0.25) is 9.59 Å². The summed E-state index contributed by atoms with van der Waals surface area (Å²) in [6.07, 6.45) is 0.499. The molecule has 0 aromatic heterocycles. The van der Waals surface area contributed by atoms with E-state index in [0.717, 1.165) is 0 Å². The first kappa shape index (κ1) is 20.4. The average Bonchev–Trinajstić information content (AvgIpc) is 3.17. The van der Waals surface area contributed by atoms with Crippen LogP contribution in [-0.2, 0) is 21.2 Å². The molecular weight excluding hydrogens is 398 g/mol. The van der Waals surface area contributed by atoms with Crippen molar-refractivity contribution in [1.82, 2.24) is 4.90 Å². The van der Waals surface area contributed by atoms with Crippen LogP contribution in [0.2, 0.25) is 0 Å². The number of carbonyl (C=O) groups excluding carboxylic acids is 2. The van der Waals surface area contributed by atoms with Crippen molar-refractivity contribution in [2.75, 3.05) is 16.9 Å². The summed E-state index contributed by atoms with van der Waals surface area (Å²) in [5.41, 5.74) is 1.43. The molecule has 0 aliphatic carbocycles. The lowest BCUT2D eigenvalue weighted by atomic mass is 10.1. The molecule has 3 N–H and O–H groups in total. The Morgan fingerprint density at radius 3 is 2.57 bits per heavy atom. The van der Waals surface area contributed by atoms with Gasteiger partial charge in [-0.25, -0.2) is 13.6 Å². The van der Waals surface area contributed by atoms with Gasteiger partial charge in [-0.05, 0) is 36.2 Å². The molecule has 7 nitrogen and oxygen atoms in total. The van der Waals surface area contributed by atoms with Crippen LogP contribution in [0.25, 0.3) is 0 Å². The number of nitrogens with one attached hydrogen (secondary N) is 1. The highest BCUT2D eigenvalue weighted by molar-refractivity contribution is 7.99. The summed E-state index contributed by atoms with van der Waals surface area (Å²) in [6, 6.07) is 12.8. The second kappa shape index (κ2) is 8.34. The van der Waals surface area contributed by atoms with Crippen LogP contribution in [0.1, 0.15) is 22.8 Å². The number of nitrogens with zero attached hydrogens (tertiary/aromatic N) is 1. The Morgan fingerprint density at radius 1 is 1.21 bits per heavy atom. The van der Waals surface area contributed by atoms with E-state index >= 15 is 0 Å². The highest BCUT2D eigenvalue weighted by Gasteiger charge is 2.35. The first-order chi connectivity index (χ1) is 13.3. The van der Waals surface area contributed by atoms with Crippen molar-refractivity contribution in [3.8, 4) is 0 Å². The standard InChI is InChI=1S/C19H21N3O4S2/c1-2-13-8-9-15(10-17(13)28(20,25)26)21-18(23)16-11-27-12-22(16)19(24)14-6-4-3-5-7-14/h3-10,16H,2,11-12H2,1H3,(H,21,23)(H2,20,25,26). The molecule has 2 amide bonds. The number of hydrogen-bond donors (Lipinski definition) is 2. The number of sulfonamides is 1. The lowest BCUT2D eigenvalue weighted by Gasteiger charge is -2.23. The number of anilines is 1. The van der Waals surface area contributed by atoms with Crippen molar-refractivity contribution in [3.05, 3.63) is 59.7 Å². The second-order valence-corrected chi connectivity index (χ2v) is 8.90. The summed E-state index contributed by atoms with van der Waals surface area (Å²) in [6.45, 7) is 1.82. The fourth-order valence-electron chi connectivity index (χ4n) is 3.02. The Balaban J connectivity index is 1.80. The van der Waals surface area contributed by atoms with E-state index < -0.39 is 16.1 Å². The summed E-state index contributed by atoms with van der Waals surface area (Å²) in [7, 11) is -3.90. The number of aryl methyl sites for hydroxylation is 1. The smallest absolute Gasteiger partial charge is 0.255 e. The van der Waals surface area contributed by atoms with Crippen molar-refractivity contribution in [2.24, 2.45) is 5.14 Å². The summed E-state index contributed by atoms with van der Waals surface area (Å²) in [5.74, 6) is 0.318. The van der Waals surface area contributed by atoms with Gasteiger partial charge in [-0.15, -0.1) is 11.8 Å². The van der Waals surface area contributed by atoms with Crippen molar-refractivity contribution in [3.63, 3.8) is 0 Å². The first-order valence-corrected chi connectivity index (χ1v) is 11.4. The van der Waals surface area contributed by atoms with E-state index in [1.807, 2.05) is 13.0 Å². The molecule has 0 saturated carbocycles. The molecule has 1 saturated heterocycles. The summed E-state index contributed by atoms with van der Waals surface area (Å²) in [5, 5.41) is 8.00. The zero-order chi connectivity index (χ0) is 20.3. The van der Waals surface area contributed by atoms with Gasteiger partial charge in [0.25, 0.3) is 5.91 Å². The van der Waals surface area contributed by atoms with Crippen molar-refractivity contribution in [1.29, 1.82) is 0 Å². The van der Waals surface area contributed by atoms with E-state index in [4.69, 9.17) is 5.14 Å². The predicted octanol–water partition coefficient (Wildman–Crippen LogP) is 2.05. The molecule has 28 heavy (non-hydrogen) atoms. The highest BCUT2D eigenvalue weighted by Crippen LogP contribution is 2.25. The zero-order valence-electron chi connectivity index (χ0n) is 15.3. The third-order valence-electron chi connectivity index (χ3n) is 4.49. The van der Waals surface area contributed by atoms with Gasteiger partial charge in [0.2, 0.25) is 15.9 Å². The fraction of sp³-hybridized carbons (Fsp3) is 0.263. The van der Waals surface area contributed by atoms with Crippen LogP contribution < -0.4 is 10.5 Å². The van der Waals surface area contributed by atoms with Gasteiger partial charge < -0.3 is 10.2 Å². The maximum Gasteiger partial charge on any atom is 0.255 e. The molecule has 1 aliphatic rings. The van der Waals surface area contributed by atoms with Gasteiger partial charge in [0.1, 0.15) is 6.04 Å². The molecule has 0 radical (unpaired) electrons. The minimum Gasteiger partial charge on any atom is -0.324 e. The number of primary sulfonamides is 1. The molecule has 1 fully saturated rings. The minimum absolute atomic E-state index is 0.00850. The Hall–Kier alpha value is -2.36. The number of rotatable bonds is 5. The third-order valence-corrected chi connectivity index (χ3v) is 6.49. The highest BCUT2D eigenvalue weighted by atomic mass is 32.2. The van der Waals surface area contributed by atoms with E-state index in [9.17, 15) is 18.0 Å². The van der Waals surface area contributed by atoms with Crippen LogP contribution in [0.15, 0.2) is 53.4 Å². The summed E-state index contributed by atoms with van der Waals surface area (Å²) < 4.78 is 23.6. The SMILES string of the molecule is CCc1ccc(NC(=O)C2CSCN2C(=O)c2ccccc2)cc1S(N)(=O)=O. The number of thioether (sulfide) groups is 1. The largest absolute Gasteiger partial charge is 0.324 e. The maximum absolute atomic E-state index is 12.8. The van der Waals surface area contributed by atoms with Gasteiger partial charge >= 0.3 is 0 Å². The molecule has 9 heteroatoms. The normalized spacial score (nSPS) is 16.8. The molecule has 0 spiro atoms. The van der Waals surface area contributed by atoms with Crippen LogP contribution in [0.3, 0.4) is 0 Å². The minimum atomic E-state index is -3.90. The molecule has 3 rings (SSSR count). The molecule has 148 valence electrons. The van der Waals surface area contributed by atoms with E-state index in [2.05, 4.69) is 5.32 Å². The molecule has 2 aromatic rings. The lowest BCUT2D eigenvalue weighted by Crippen LogP contribution is -2.44. The van der Waals surface area contributed by atoms with E-state index in [1.165, 1.54) is 22.7 Å². The number of nitrogens with two attached hydrogens (primary N) is 1. The Labute approximate surface area is 168 Å². The van der Waals surface area contributed by atoms with Crippen molar-refractivity contribution in [2.45, 2.75) is 24.3 Å². The van der Waals surface area contributed by atoms with Gasteiger partial charge in [0.05, 0.1) is 10.8 Å². The fourth-order valence-corrected chi connectivity index (χ4v) is 5.04. The Morgan fingerprint density at radius 2 is 1.93 bits per heavy atom. The Bertz CT molecular complexity index is 993. The van der Waals surface area contributed by atoms with Gasteiger partial charge in [0, 0.05) is 17.0 Å². The maximum atomic E-state index is 12.8. The van der Waals surface area contributed by atoms with Crippen LogP contribution in [-0.4, -0.2) is 42.8 Å². The molecule has 1 atom stereocenters. The van der Waals surface area contributed by atoms with E-state index in [1.54, 1.807) is 36.4 Å². The molecular formula is C19H21N3O4S2. The van der Waals surface area contributed by atoms with Crippen molar-refractivity contribution < 1.29 is 18.0 Å². The first-order valence-electron chi connectivity index (χ1n) is 8.71. The molecule has 2 aromatic carbocycles. The van der Waals surface area contributed by atoms with E-state index in [0.29, 0.717) is 34.9 Å². The summed E-state index contributed by atoms with van der Waals surface area (Å²) >= 11 is 1.49. The number of amides is 2. The molecule has 1 heterocycles. The number of hydrogen-bond acceptors (Lipinski definition) is 5. The predicted molar refractivity (Wildman–Crippen MR) is 110 cm³/mol. The topological polar surface area (TPSA) is 110 Å². The Kier molecular flexibility index (Phi) is 6.07. The van der Waals surface area contributed by atoms with Crippen LogP contribution in [0, 0.1) is 0 Å². The monoisotopic (exact) mass is 419 g/mol. The second-order valence-electron chi connectivity index (χ2n) is 6.37. The number of carbonyl (C=O) groups is 2. The summed E-state index contributed by atoms with van der Waals surface area (Å²) in [4.78, 5) is 27.0. The van der Waals surface area contributed by atoms with E-state index in [-0.39, 0.29) is 16.7 Å². The van der Waals surface area contributed by atoms with Crippen molar-refractivity contribution >= 4 is 39.3 Å². The number of benzene rings is 2. The molecule has 1 unspecified atom stereocenters. The third kappa shape index (κ3) is 4.37. The van der Waals surface area contributed by atoms with Gasteiger partial charge in [-0.1, -0.05) is 31.2 Å². The van der Waals surface area contributed by atoms with Gasteiger partial charge in [0.15, 0.2) is 0 Å². The van der Waals surface area contributed by atoms with Gasteiger partial charge in [-0.2, -0.15) is 0 Å². The van der Waals surface area contributed by atoms with Crippen LogP contribution in [0.5, 0.6) is 0 Å². The van der Waals surface area contributed by atoms with Crippen LogP contribution in [0.4, 0.5) is 5.69 Å². The molecule has 1 aliphatic heterocycles. The quantitative estimate of drug-likeness (QED) is 0.771. The average molecular weight is 420 g/mol. The van der Waals surface area contributed by atoms with Crippen LogP contribution >= 0.6 is 11.8 Å². The molecule has 0 bridgehead atoms. The lowest BCUT2D eigenvalue weighted by molar-refractivity contribution is -0.119.